The predicted molar refractivity (Wildman–Crippen MR) is 60.5 cm³/mol. The van der Waals surface area contributed by atoms with Gasteiger partial charge in [-0.1, -0.05) is 6.92 Å². The minimum absolute atomic E-state index is 0.312. The number of nitrogens with two attached hydrogens (primary N) is 1. The number of hydrogen-bond acceptors (Lipinski definition) is 3. The first-order valence-corrected chi connectivity index (χ1v) is 7.01. The van der Waals surface area contributed by atoms with Crippen molar-refractivity contribution in [2.75, 3.05) is 13.1 Å². The lowest BCUT2D eigenvalue weighted by Crippen LogP contribution is -2.40. The normalized spacial score (nSPS) is 27.9. The lowest BCUT2D eigenvalue weighted by atomic mass is 9.87. The molecule has 0 aromatic carbocycles. The van der Waals surface area contributed by atoms with Gasteiger partial charge in [0.25, 0.3) is 10.2 Å². The molecular weight excluding hydrogens is 214 g/mol. The highest BCUT2D eigenvalue weighted by Gasteiger charge is 2.19. The van der Waals surface area contributed by atoms with Crippen molar-refractivity contribution >= 4 is 10.2 Å². The van der Waals surface area contributed by atoms with Crippen molar-refractivity contribution in [3.8, 4) is 0 Å². The summed E-state index contributed by atoms with van der Waals surface area (Å²) < 4.78 is 27.6. The zero-order valence-electron chi connectivity index (χ0n) is 9.20. The zero-order chi connectivity index (χ0) is 11.3. The molecular formula is C9H21N3O2S. The summed E-state index contributed by atoms with van der Waals surface area (Å²) in [4.78, 5) is 0. The molecule has 0 heterocycles. The molecule has 0 atom stereocenters. The Morgan fingerprint density at radius 2 is 1.80 bits per heavy atom. The van der Waals surface area contributed by atoms with Gasteiger partial charge in [0, 0.05) is 19.1 Å². The molecule has 0 radical (unpaired) electrons. The molecule has 0 aliphatic heterocycles. The third-order valence-electron chi connectivity index (χ3n) is 2.79. The average molecular weight is 235 g/mol. The van der Waals surface area contributed by atoms with Gasteiger partial charge in [-0.3, -0.25) is 0 Å². The van der Waals surface area contributed by atoms with Crippen LogP contribution in [-0.4, -0.2) is 27.5 Å². The van der Waals surface area contributed by atoms with Crippen molar-refractivity contribution in [1.29, 1.82) is 0 Å². The van der Waals surface area contributed by atoms with Crippen molar-refractivity contribution in [3.05, 3.63) is 0 Å². The van der Waals surface area contributed by atoms with Crippen molar-refractivity contribution < 1.29 is 8.42 Å². The molecule has 0 unspecified atom stereocenters. The molecule has 0 saturated heterocycles. The van der Waals surface area contributed by atoms with Crippen LogP contribution in [0.15, 0.2) is 0 Å². The van der Waals surface area contributed by atoms with E-state index in [-0.39, 0.29) is 0 Å². The Bertz CT molecular complexity index is 271. The lowest BCUT2D eigenvalue weighted by molar-refractivity contribution is 0.326. The summed E-state index contributed by atoms with van der Waals surface area (Å²) in [5.74, 6) is 0.443. The van der Waals surface area contributed by atoms with E-state index >= 15 is 0 Å². The van der Waals surface area contributed by atoms with E-state index in [0.717, 1.165) is 25.7 Å². The summed E-state index contributed by atoms with van der Waals surface area (Å²) in [6.07, 6.45) is 4.06. The Kier molecular flexibility index (Phi) is 4.98. The maximum absolute atomic E-state index is 11.3. The van der Waals surface area contributed by atoms with Gasteiger partial charge in [-0.05, 0) is 31.6 Å². The summed E-state index contributed by atoms with van der Waals surface area (Å²) in [6.45, 7) is 2.71. The number of hydrogen-bond donors (Lipinski definition) is 3. The molecule has 0 bridgehead atoms. The van der Waals surface area contributed by atoms with E-state index in [1.54, 1.807) is 6.92 Å². The van der Waals surface area contributed by atoms with E-state index in [2.05, 4.69) is 9.44 Å². The van der Waals surface area contributed by atoms with Crippen LogP contribution in [0.3, 0.4) is 0 Å². The second-order valence-electron chi connectivity index (χ2n) is 4.13. The fourth-order valence-corrected chi connectivity index (χ4v) is 2.80. The Morgan fingerprint density at radius 3 is 2.33 bits per heavy atom. The van der Waals surface area contributed by atoms with Gasteiger partial charge in [0.2, 0.25) is 0 Å². The third-order valence-corrected chi connectivity index (χ3v) is 4.00. The van der Waals surface area contributed by atoms with Gasteiger partial charge >= 0.3 is 0 Å². The highest BCUT2D eigenvalue weighted by Crippen LogP contribution is 2.22. The van der Waals surface area contributed by atoms with Crippen LogP contribution in [0, 0.1) is 5.92 Å². The van der Waals surface area contributed by atoms with Crippen LogP contribution in [0.2, 0.25) is 0 Å². The van der Waals surface area contributed by atoms with Crippen LogP contribution in [-0.2, 0) is 10.2 Å². The molecule has 0 spiro atoms. The van der Waals surface area contributed by atoms with Crippen LogP contribution in [0.1, 0.15) is 32.6 Å². The molecule has 0 amide bonds. The van der Waals surface area contributed by atoms with E-state index in [1.165, 1.54) is 0 Å². The van der Waals surface area contributed by atoms with Gasteiger partial charge in [0.1, 0.15) is 0 Å². The first kappa shape index (κ1) is 12.9. The summed E-state index contributed by atoms with van der Waals surface area (Å²) in [5.41, 5.74) is 5.78. The Hall–Kier alpha value is -0.170. The van der Waals surface area contributed by atoms with Crippen LogP contribution in [0.5, 0.6) is 0 Å². The molecule has 0 aromatic rings. The third kappa shape index (κ3) is 4.92. The Morgan fingerprint density at radius 1 is 1.20 bits per heavy atom. The van der Waals surface area contributed by atoms with Crippen molar-refractivity contribution in [3.63, 3.8) is 0 Å². The van der Waals surface area contributed by atoms with Gasteiger partial charge in [-0.15, -0.1) is 0 Å². The summed E-state index contributed by atoms with van der Waals surface area (Å²) >= 11 is 0. The van der Waals surface area contributed by atoms with E-state index in [0.29, 0.717) is 25.0 Å². The molecule has 1 aliphatic carbocycles. The van der Waals surface area contributed by atoms with Crippen molar-refractivity contribution in [1.82, 2.24) is 9.44 Å². The fourth-order valence-electron chi connectivity index (χ4n) is 1.86. The van der Waals surface area contributed by atoms with Crippen LogP contribution >= 0.6 is 0 Å². The SMILES string of the molecule is CCNS(=O)(=O)NCC1CCC(N)CC1. The maximum atomic E-state index is 11.3. The Labute approximate surface area is 92.0 Å². The maximum Gasteiger partial charge on any atom is 0.276 e. The standard InChI is InChI=1S/C9H21N3O2S/c1-2-11-15(13,14)12-7-8-3-5-9(10)6-4-8/h8-9,11-12H,2-7,10H2,1H3. The highest BCUT2D eigenvalue weighted by molar-refractivity contribution is 7.87. The second-order valence-corrected chi connectivity index (χ2v) is 5.71. The molecule has 5 nitrogen and oxygen atoms in total. The molecule has 1 fully saturated rings. The van der Waals surface area contributed by atoms with E-state index in [4.69, 9.17) is 5.73 Å². The van der Waals surface area contributed by atoms with Gasteiger partial charge in [-0.2, -0.15) is 8.42 Å². The minimum Gasteiger partial charge on any atom is -0.328 e. The van der Waals surface area contributed by atoms with Gasteiger partial charge < -0.3 is 5.73 Å². The Balaban J connectivity index is 2.25. The quantitative estimate of drug-likeness (QED) is 0.624. The lowest BCUT2D eigenvalue weighted by Gasteiger charge is -2.25. The topological polar surface area (TPSA) is 84.2 Å². The van der Waals surface area contributed by atoms with Crippen LogP contribution < -0.4 is 15.2 Å². The number of nitrogens with one attached hydrogen (secondary N) is 2. The molecule has 4 N–H and O–H groups in total. The van der Waals surface area contributed by atoms with E-state index in [9.17, 15) is 8.42 Å². The van der Waals surface area contributed by atoms with E-state index < -0.39 is 10.2 Å². The molecule has 6 heteroatoms. The summed E-state index contributed by atoms with van der Waals surface area (Å²) in [5, 5.41) is 0. The smallest absolute Gasteiger partial charge is 0.276 e. The molecule has 90 valence electrons. The number of rotatable bonds is 5. The molecule has 1 rings (SSSR count). The van der Waals surface area contributed by atoms with Gasteiger partial charge in [0.05, 0.1) is 0 Å². The van der Waals surface area contributed by atoms with Crippen molar-refractivity contribution in [2.45, 2.75) is 38.6 Å². The van der Waals surface area contributed by atoms with Crippen LogP contribution in [0.4, 0.5) is 0 Å². The highest BCUT2D eigenvalue weighted by atomic mass is 32.2. The monoisotopic (exact) mass is 235 g/mol. The zero-order valence-corrected chi connectivity index (χ0v) is 10.0. The molecule has 15 heavy (non-hydrogen) atoms. The fraction of sp³-hybridized carbons (Fsp3) is 1.00. The minimum atomic E-state index is -3.28. The first-order chi connectivity index (χ1) is 7.03. The van der Waals surface area contributed by atoms with Crippen molar-refractivity contribution in [2.24, 2.45) is 11.7 Å². The van der Waals surface area contributed by atoms with Crippen LogP contribution in [0.25, 0.3) is 0 Å². The summed E-state index contributed by atoms with van der Waals surface area (Å²) in [7, 11) is -3.28. The molecule has 0 aromatic heterocycles. The second kappa shape index (κ2) is 5.79. The first-order valence-electron chi connectivity index (χ1n) is 5.53. The predicted octanol–water partition coefficient (Wildman–Crippen LogP) is -0.0522. The molecule has 1 aliphatic rings. The van der Waals surface area contributed by atoms with Gasteiger partial charge in [0.15, 0.2) is 0 Å². The molecule has 1 saturated carbocycles. The average Bonchev–Trinajstić information content (AvgIpc) is 2.17. The van der Waals surface area contributed by atoms with Gasteiger partial charge in [-0.25, -0.2) is 9.44 Å². The summed E-state index contributed by atoms with van der Waals surface area (Å²) in [6, 6.07) is 0.312. The largest absolute Gasteiger partial charge is 0.328 e. The van der Waals surface area contributed by atoms with E-state index in [1.807, 2.05) is 0 Å².